The molecular weight excluding hydrogens is 891 g/mol. The van der Waals surface area contributed by atoms with Crippen molar-refractivity contribution >= 4 is 102 Å². The fourth-order valence-corrected chi connectivity index (χ4v) is 13.5. The number of ether oxygens (including phenoxy) is 1. The highest BCUT2D eigenvalue weighted by atomic mass is 32.1. The van der Waals surface area contributed by atoms with E-state index in [1.807, 2.05) is 11.3 Å². The van der Waals surface area contributed by atoms with Crippen molar-refractivity contribution in [3.63, 3.8) is 0 Å². The molecule has 72 heavy (non-hydrogen) atoms. The number of fused-ring (bicyclic) bond motifs is 22. The summed E-state index contributed by atoms with van der Waals surface area (Å²) in [7, 11) is 0. The molecule has 12 aromatic carbocycles. The van der Waals surface area contributed by atoms with Gasteiger partial charge in [0.2, 0.25) is 0 Å². The number of benzene rings is 11. The van der Waals surface area contributed by atoms with Crippen molar-refractivity contribution in [2.45, 2.75) is 19.3 Å². The average Bonchev–Trinajstić information content (AvgIpc) is 3.87. The number of anilines is 3. The van der Waals surface area contributed by atoms with Crippen molar-refractivity contribution in [1.82, 2.24) is 0 Å². The average molecular weight is 936 g/mol. The first kappa shape index (κ1) is 41.1. The molecule has 0 spiro atoms. The van der Waals surface area contributed by atoms with E-state index in [0.29, 0.717) is 0 Å². The molecule has 0 amide bonds. The van der Waals surface area contributed by atoms with E-state index in [2.05, 4.69) is 255 Å². The molecule has 1 aromatic heterocycles. The fraction of sp³-hybridized carbons (Fsp3) is 0.0435. The van der Waals surface area contributed by atoms with Gasteiger partial charge in [0.1, 0.15) is 11.5 Å². The van der Waals surface area contributed by atoms with Gasteiger partial charge in [0.05, 0.1) is 0 Å². The Balaban J connectivity index is 1.09. The minimum atomic E-state index is -0.187. The van der Waals surface area contributed by atoms with E-state index in [0.717, 1.165) is 50.8 Å². The van der Waals surface area contributed by atoms with Crippen LogP contribution in [0.15, 0.2) is 237 Å². The Morgan fingerprint density at radius 3 is 1.47 bits per heavy atom. The summed E-state index contributed by atoms with van der Waals surface area (Å²) >= 11 is 1.88. The molecule has 0 atom stereocenters. The molecule has 1 aliphatic heterocycles. The Bertz CT molecular complexity index is 4540. The summed E-state index contributed by atoms with van der Waals surface area (Å²) in [5, 5.41) is 14.8. The summed E-state index contributed by atoms with van der Waals surface area (Å²) < 4.78 is 9.29. The molecule has 2 heterocycles. The van der Waals surface area contributed by atoms with Gasteiger partial charge in [-0.25, -0.2) is 0 Å². The molecule has 0 bridgehead atoms. The van der Waals surface area contributed by atoms with Crippen LogP contribution in [0.2, 0.25) is 0 Å². The van der Waals surface area contributed by atoms with Crippen molar-refractivity contribution in [3.8, 4) is 44.9 Å². The Hall–Kier alpha value is -8.76. The van der Waals surface area contributed by atoms with Gasteiger partial charge in [-0.2, -0.15) is 0 Å². The molecule has 0 unspecified atom stereocenters. The lowest BCUT2D eigenvalue weighted by atomic mass is 9.82. The van der Waals surface area contributed by atoms with E-state index < -0.39 is 0 Å². The molecule has 0 fully saturated rings. The number of hydrogen-bond donors (Lipinski definition) is 0. The number of rotatable bonds is 3. The van der Waals surface area contributed by atoms with Crippen LogP contribution in [0.3, 0.4) is 0 Å². The van der Waals surface area contributed by atoms with Gasteiger partial charge in [-0.15, -0.1) is 11.3 Å². The molecule has 0 N–H and O–H groups in total. The second-order valence-corrected chi connectivity index (χ2v) is 21.0. The van der Waals surface area contributed by atoms with Crippen LogP contribution in [0.4, 0.5) is 17.1 Å². The molecule has 0 saturated heterocycles. The van der Waals surface area contributed by atoms with Crippen molar-refractivity contribution in [3.05, 3.63) is 248 Å². The Labute approximate surface area is 421 Å². The Kier molecular flexibility index (Phi) is 8.91. The monoisotopic (exact) mass is 935 g/mol. The third-order valence-electron chi connectivity index (χ3n) is 15.7. The topological polar surface area (TPSA) is 12.5 Å². The first-order valence-corrected chi connectivity index (χ1v) is 25.7. The predicted molar refractivity (Wildman–Crippen MR) is 308 cm³/mol. The number of thiophene rings is 1. The van der Waals surface area contributed by atoms with Crippen LogP contribution in [0.1, 0.15) is 25.0 Å². The van der Waals surface area contributed by atoms with Crippen LogP contribution in [-0.2, 0) is 5.41 Å². The van der Waals surface area contributed by atoms with Crippen molar-refractivity contribution in [1.29, 1.82) is 0 Å². The van der Waals surface area contributed by atoms with Crippen LogP contribution in [-0.4, -0.2) is 0 Å². The van der Waals surface area contributed by atoms with E-state index >= 15 is 0 Å². The second kappa shape index (κ2) is 15.6. The third kappa shape index (κ3) is 6.01. The van der Waals surface area contributed by atoms with Gasteiger partial charge < -0.3 is 9.64 Å². The minimum absolute atomic E-state index is 0.187. The van der Waals surface area contributed by atoms with Gasteiger partial charge in [0, 0.05) is 53.8 Å². The molecule has 338 valence electrons. The summed E-state index contributed by atoms with van der Waals surface area (Å²) in [4.78, 5) is 2.49. The summed E-state index contributed by atoms with van der Waals surface area (Å²) in [5.74, 6) is 1.71. The predicted octanol–water partition coefficient (Wildman–Crippen LogP) is 20.2. The van der Waals surface area contributed by atoms with Crippen molar-refractivity contribution in [2.75, 3.05) is 4.90 Å². The van der Waals surface area contributed by atoms with Crippen LogP contribution >= 0.6 is 11.3 Å². The van der Waals surface area contributed by atoms with E-state index in [-0.39, 0.29) is 5.41 Å². The summed E-state index contributed by atoms with van der Waals surface area (Å²) in [6.45, 7) is 4.75. The number of para-hydroxylation sites is 2. The van der Waals surface area contributed by atoms with Gasteiger partial charge in [0.25, 0.3) is 0 Å². The molecule has 1 aliphatic carbocycles. The summed E-state index contributed by atoms with van der Waals surface area (Å²) in [6, 6.07) is 87.9. The standard InChI is InChI=1S/C69H45NOS/c1-69(2)61-27-13-9-22-52(61)53-36-33-44(41-62(53)69)70(43-31-34-50-54-23-10-14-28-63(54)71-64-29-15-11-24-55(64)60(50)40-43)42-32-35-51-57-37-38-66-68(58-26-12-16-30-65(58)72-66)67(57)56-25-8-7-20-48(56)46-18-4-3-17-45(46)47-19-5-6-21-49(47)59(51)39-42/h3-41H,1-2H3. The smallest absolute Gasteiger partial charge is 0.135 e. The first-order chi connectivity index (χ1) is 35.5. The molecule has 3 heteroatoms. The SMILES string of the molecule is CC1(C)c2ccccc2-c2ccc(N(c3ccc4c(c3)-c3ccccc3Oc3ccccc3-4)c3ccc4c(c3)c3ccccc3c3ccccc3c3ccccc3c3c4ccc4sc5ccccc5c43)cc21. The lowest BCUT2D eigenvalue weighted by Crippen LogP contribution is -2.16. The van der Waals surface area contributed by atoms with Gasteiger partial charge in [0.15, 0.2) is 0 Å². The first-order valence-electron chi connectivity index (χ1n) is 24.9. The molecule has 2 aliphatic rings. The zero-order valence-corrected chi connectivity index (χ0v) is 40.6. The number of hydrogen-bond acceptors (Lipinski definition) is 3. The highest BCUT2D eigenvalue weighted by Crippen LogP contribution is 2.53. The fourth-order valence-electron chi connectivity index (χ4n) is 12.4. The normalized spacial score (nSPS) is 13.1. The van der Waals surface area contributed by atoms with Gasteiger partial charge in [-0.3, -0.25) is 0 Å². The lowest BCUT2D eigenvalue weighted by molar-refractivity contribution is 0.488. The number of nitrogens with zero attached hydrogens (tertiary/aromatic N) is 1. The molecule has 2 nitrogen and oxygen atoms in total. The molecule has 15 rings (SSSR count). The molecular formula is C69H45NOS. The van der Waals surface area contributed by atoms with E-state index in [1.165, 1.54) is 96.3 Å². The van der Waals surface area contributed by atoms with Crippen LogP contribution in [0.25, 0.3) is 107 Å². The van der Waals surface area contributed by atoms with E-state index in [1.54, 1.807) is 0 Å². The quantitative estimate of drug-likeness (QED) is 0.175. The molecule has 0 saturated carbocycles. The zero-order chi connectivity index (χ0) is 47.7. The van der Waals surface area contributed by atoms with Gasteiger partial charge in [-0.05, 0) is 148 Å². The zero-order valence-electron chi connectivity index (χ0n) is 39.8. The second-order valence-electron chi connectivity index (χ2n) is 19.9. The molecule has 0 radical (unpaired) electrons. The molecule has 13 aromatic rings. The van der Waals surface area contributed by atoms with Crippen LogP contribution < -0.4 is 9.64 Å². The van der Waals surface area contributed by atoms with Gasteiger partial charge >= 0.3 is 0 Å². The third-order valence-corrected chi connectivity index (χ3v) is 16.8. The van der Waals surface area contributed by atoms with Gasteiger partial charge in [-0.1, -0.05) is 190 Å². The highest BCUT2D eigenvalue weighted by molar-refractivity contribution is 7.26. The van der Waals surface area contributed by atoms with Crippen LogP contribution in [0, 0.1) is 0 Å². The largest absolute Gasteiger partial charge is 0.456 e. The maximum absolute atomic E-state index is 6.70. The van der Waals surface area contributed by atoms with E-state index in [9.17, 15) is 0 Å². The minimum Gasteiger partial charge on any atom is -0.456 e. The summed E-state index contributed by atoms with van der Waals surface area (Å²) in [6.07, 6.45) is 0. The van der Waals surface area contributed by atoms with Crippen LogP contribution in [0.5, 0.6) is 11.5 Å². The highest BCUT2D eigenvalue weighted by Gasteiger charge is 2.36. The summed E-state index contributed by atoms with van der Waals surface area (Å²) in [5.41, 5.74) is 12.8. The lowest BCUT2D eigenvalue weighted by Gasteiger charge is -2.29. The maximum atomic E-state index is 6.70. The van der Waals surface area contributed by atoms with Crippen molar-refractivity contribution in [2.24, 2.45) is 0 Å². The Morgan fingerprint density at radius 1 is 0.306 bits per heavy atom. The maximum Gasteiger partial charge on any atom is 0.135 e. The Morgan fingerprint density at radius 2 is 0.764 bits per heavy atom. The van der Waals surface area contributed by atoms with Crippen molar-refractivity contribution < 1.29 is 4.74 Å². The van der Waals surface area contributed by atoms with E-state index in [4.69, 9.17) is 4.74 Å².